The lowest BCUT2D eigenvalue weighted by atomic mass is 9.88. The van der Waals surface area contributed by atoms with Crippen molar-refractivity contribution in [1.82, 2.24) is 9.97 Å². The van der Waals surface area contributed by atoms with Gasteiger partial charge in [0.15, 0.2) is 0 Å². The predicted octanol–water partition coefficient (Wildman–Crippen LogP) is 7.40. The molecule has 0 spiro atoms. The maximum atomic E-state index is 5.06. The fourth-order valence-corrected chi connectivity index (χ4v) is 5.54. The molecule has 0 fully saturated rings. The molecule has 2 aliphatic rings. The van der Waals surface area contributed by atoms with Gasteiger partial charge in [-0.15, -0.1) is 0 Å². The van der Waals surface area contributed by atoms with E-state index in [0.717, 1.165) is 45.5 Å². The predicted molar refractivity (Wildman–Crippen MR) is 163 cm³/mol. The first-order chi connectivity index (χ1) is 19.9. The Balaban J connectivity index is 1.50. The number of hydrogen-bond donors (Lipinski definition) is 0. The third kappa shape index (κ3) is 4.16. The van der Waals surface area contributed by atoms with Crippen LogP contribution in [-0.4, -0.2) is 28.4 Å². The van der Waals surface area contributed by atoms with Crippen LogP contribution in [0.15, 0.2) is 149 Å². The Bertz CT molecular complexity index is 1620. The summed E-state index contributed by atoms with van der Waals surface area (Å²) in [6.45, 7) is 0. The van der Waals surface area contributed by atoms with Crippen molar-refractivity contribution in [1.29, 1.82) is 0 Å². The summed E-state index contributed by atoms with van der Waals surface area (Å²) >= 11 is 0. The van der Waals surface area contributed by atoms with Gasteiger partial charge in [0.1, 0.15) is 17.8 Å². The molecule has 1 aromatic heterocycles. The van der Waals surface area contributed by atoms with Crippen LogP contribution in [-0.2, 0) is 0 Å². The fourth-order valence-electron chi connectivity index (χ4n) is 5.54. The highest BCUT2D eigenvalue weighted by Crippen LogP contribution is 2.49. The highest BCUT2D eigenvalue weighted by molar-refractivity contribution is 6.17. The van der Waals surface area contributed by atoms with Crippen molar-refractivity contribution in [3.8, 4) is 0 Å². The molecule has 192 valence electrons. The molecule has 6 nitrogen and oxygen atoms in total. The largest absolute Gasteiger partial charge is 0.330 e. The lowest BCUT2D eigenvalue weighted by Gasteiger charge is -2.42. The maximum Gasteiger partial charge on any atom is 0.121 e. The molecule has 0 radical (unpaired) electrons. The van der Waals surface area contributed by atoms with Gasteiger partial charge < -0.3 is 9.80 Å². The summed E-state index contributed by atoms with van der Waals surface area (Å²) in [5.74, 6) is 0. The summed E-state index contributed by atoms with van der Waals surface area (Å²) in [4.78, 5) is 24.5. The first kappa shape index (κ1) is 23.7. The van der Waals surface area contributed by atoms with Gasteiger partial charge in [-0.1, -0.05) is 72.8 Å². The molecule has 2 unspecified atom stereocenters. The minimum absolute atomic E-state index is 0.269. The molecule has 5 aromatic rings. The summed E-state index contributed by atoms with van der Waals surface area (Å²) in [7, 11) is 0. The Hall–Kier alpha value is -5.36. The Labute approximate surface area is 233 Å². The average Bonchev–Trinajstić information content (AvgIpc) is 3.04. The lowest BCUT2D eigenvalue weighted by molar-refractivity contribution is 0.563. The topological polar surface area (TPSA) is 57.0 Å². The van der Waals surface area contributed by atoms with E-state index in [9.17, 15) is 0 Å². The van der Waals surface area contributed by atoms with Gasteiger partial charge in [0.2, 0.25) is 0 Å². The molecular formula is C34H26N6. The van der Waals surface area contributed by atoms with E-state index in [2.05, 4.69) is 82.6 Å². The second kappa shape index (κ2) is 10.4. The van der Waals surface area contributed by atoms with Crippen molar-refractivity contribution in [2.45, 2.75) is 12.1 Å². The molecule has 0 saturated heterocycles. The van der Waals surface area contributed by atoms with Crippen molar-refractivity contribution in [2.24, 2.45) is 9.98 Å². The minimum atomic E-state index is -0.320. The Morgan fingerprint density at radius 1 is 0.525 bits per heavy atom. The van der Waals surface area contributed by atoms with E-state index >= 15 is 0 Å². The van der Waals surface area contributed by atoms with E-state index in [1.807, 2.05) is 48.5 Å². The van der Waals surface area contributed by atoms with Crippen molar-refractivity contribution in [3.63, 3.8) is 0 Å². The SMILES string of the molecule is C1=NC2=C(N(c3ccccc3)c3ccccc3)c3nccnc3C(N(c3ccccc3)c3ccccc3)C2N=C1. The molecule has 6 heteroatoms. The normalized spacial score (nSPS) is 17.2. The van der Waals surface area contributed by atoms with Gasteiger partial charge in [-0.2, -0.15) is 0 Å². The van der Waals surface area contributed by atoms with Gasteiger partial charge in [0.05, 0.1) is 17.1 Å². The third-order valence-corrected chi connectivity index (χ3v) is 7.18. The van der Waals surface area contributed by atoms with Crippen molar-refractivity contribution < 1.29 is 0 Å². The van der Waals surface area contributed by atoms with Crippen LogP contribution in [0.25, 0.3) is 5.70 Å². The number of hydrogen-bond acceptors (Lipinski definition) is 6. The number of rotatable bonds is 6. The van der Waals surface area contributed by atoms with Gasteiger partial charge in [-0.3, -0.25) is 20.0 Å². The third-order valence-electron chi connectivity index (χ3n) is 7.18. The van der Waals surface area contributed by atoms with Gasteiger partial charge in [-0.05, 0) is 48.5 Å². The monoisotopic (exact) mass is 518 g/mol. The summed E-state index contributed by atoms with van der Waals surface area (Å²) < 4.78 is 0. The highest BCUT2D eigenvalue weighted by Gasteiger charge is 2.44. The number of aromatic nitrogens is 2. The molecule has 0 bridgehead atoms. The second-order valence-corrected chi connectivity index (χ2v) is 9.54. The Morgan fingerprint density at radius 2 is 1.02 bits per heavy atom. The van der Waals surface area contributed by atoms with E-state index in [4.69, 9.17) is 20.0 Å². The quantitative estimate of drug-likeness (QED) is 0.235. The first-order valence-corrected chi connectivity index (χ1v) is 13.3. The molecule has 0 saturated carbocycles. The van der Waals surface area contributed by atoms with Crippen LogP contribution >= 0.6 is 0 Å². The standard InChI is InChI=1S/C34H26N6/c1-5-13-25(14-6-1)39(26-15-7-2-8-16-26)33-29-31(37-23-21-35-29)34(32-30(33)36-22-24-38-32)40(27-17-9-3-10-18-27)28-19-11-4-12-20-28/h1-24,29,33H. The zero-order valence-electron chi connectivity index (χ0n) is 21.7. The summed E-state index contributed by atoms with van der Waals surface area (Å²) in [5, 5.41) is 0. The zero-order chi connectivity index (χ0) is 26.7. The maximum absolute atomic E-state index is 5.06. The Kier molecular flexibility index (Phi) is 6.18. The molecule has 0 N–H and O–H groups in total. The molecular weight excluding hydrogens is 492 g/mol. The molecule has 0 amide bonds. The molecule has 1 aliphatic carbocycles. The van der Waals surface area contributed by atoms with Crippen LogP contribution in [0.1, 0.15) is 17.4 Å². The summed E-state index contributed by atoms with van der Waals surface area (Å²) in [6, 6.07) is 40.9. The van der Waals surface area contributed by atoms with Crippen LogP contribution in [0.4, 0.5) is 22.7 Å². The van der Waals surface area contributed by atoms with Gasteiger partial charge in [0.25, 0.3) is 0 Å². The lowest BCUT2D eigenvalue weighted by Crippen LogP contribution is -2.40. The van der Waals surface area contributed by atoms with Crippen LogP contribution in [0.5, 0.6) is 0 Å². The van der Waals surface area contributed by atoms with Crippen LogP contribution in [0, 0.1) is 0 Å². The number of fused-ring (bicyclic) bond motifs is 2. The van der Waals surface area contributed by atoms with Crippen LogP contribution < -0.4 is 9.80 Å². The van der Waals surface area contributed by atoms with E-state index in [-0.39, 0.29) is 12.1 Å². The fraction of sp³-hybridized carbons (Fsp3) is 0.0588. The molecule has 7 rings (SSSR count). The van der Waals surface area contributed by atoms with E-state index in [1.54, 1.807) is 24.8 Å². The van der Waals surface area contributed by atoms with Crippen molar-refractivity contribution in [3.05, 3.63) is 151 Å². The van der Waals surface area contributed by atoms with E-state index in [0.29, 0.717) is 0 Å². The molecule has 40 heavy (non-hydrogen) atoms. The molecule has 4 aromatic carbocycles. The number of para-hydroxylation sites is 4. The molecule has 2 heterocycles. The summed E-state index contributed by atoms with van der Waals surface area (Å²) in [6.07, 6.45) is 7.10. The van der Waals surface area contributed by atoms with Crippen LogP contribution in [0.2, 0.25) is 0 Å². The molecule has 1 aliphatic heterocycles. The van der Waals surface area contributed by atoms with Crippen LogP contribution in [0.3, 0.4) is 0 Å². The number of benzene rings is 4. The van der Waals surface area contributed by atoms with E-state index < -0.39 is 0 Å². The van der Waals surface area contributed by atoms with E-state index in [1.165, 1.54) is 0 Å². The second-order valence-electron chi connectivity index (χ2n) is 9.54. The smallest absolute Gasteiger partial charge is 0.121 e. The highest BCUT2D eigenvalue weighted by atomic mass is 15.2. The Morgan fingerprint density at radius 3 is 1.57 bits per heavy atom. The summed E-state index contributed by atoms with van der Waals surface area (Å²) in [5.41, 5.74) is 7.50. The van der Waals surface area contributed by atoms with Crippen molar-refractivity contribution in [2.75, 3.05) is 9.80 Å². The van der Waals surface area contributed by atoms with Gasteiger partial charge in [0, 0.05) is 47.6 Å². The number of nitrogens with zero attached hydrogens (tertiary/aromatic N) is 6. The van der Waals surface area contributed by atoms with Gasteiger partial charge in [-0.25, -0.2) is 0 Å². The average molecular weight is 519 g/mol. The minimum Gasteiger partial charge on any atom is -0.330 e. The van der Waals surface area contributed by atoms with Crippen molar-refractivity contribution >= 4 is 40.9 Å². The van der Waals surface area contributed by atoms with Gasteiger partial charge >= 0.3 is 0 Å². The number of anilines is 4. The number of aliphatic imine (C=N–C) groups is 2. The molecule has 2 atom stereocenters. The zero-order valence-corrected chi connectivity index (χ0v) is 21.7. The first-order valence-electron chi connectivity index (χ1n) is 13.3.